The second kappa shape index (κ2) is 7.22. The van der Waals surface area contributed by atoms with Crippen LogP contribution in [0.15, 0.2) is 63.1 Å². The second-order valence-corrected chi connectivity index (χ2v) is 8.43. The van der Waals surface area contributed by atoms with Crippen LogP contribution in [0.5, 0.6) is 0 Å². The molecule has 0 aromatic carbocycles. The largest absolute Gasteiger partial charge is 0.444 e. The number of hydrogen-bond donors (Lipinski definition) is 2. The lowest BCUT2D eigenvalue weighted by Gasteiger charge is -2.21. The van der Waals surface area contributed by atoms with Gasteiger partial charge in [0, 0.05) is 29.7 Å². The fourth-order valence-corrected chi connectivity index (χ4v) is 3.56. The molecule has 5 heteroatoms. The van der Waals surface area contributed by atoms with Crippen molar-refractivity contribution in [3.63, 3.8) is 0 Å². The number of rotatable bonds is 2. The number of hydrogen-bond acceptors (Lipinski definition) is 4. The van der Waals surface area contributed by atoms with Crippen molar-refractivity contribution in [2.45, 2.75) is 59.6 Å². The van der Waals surface area contributed by atoms with E-state index in [-0.39, 0.29) is 6.04 Å². The first-order chi connectivity index (χ1) is 12.6. The number of carbonyl (C=O) groups is 1. The van der Waals surface area contributed by atoms with Crippen LogP contribution in [0.4, 0.5) is 4.79 Å². The zero-order valence-corrected chi connectivity index (χ0v) is 17.0. The summed E-state index contributed by atoms with van der Waals surface area (Å²) in [5.41, 5.74) is 6.20. The predicted molar refractivity (Wildman–Crippen MR) is 109 cm³/mol. The maximum absolute atomic E-state index is 12.1. The molecule has 2 aliphatic heterocycles. The highest BCUT2D eigenvalue weighted by Crippen LogP contribution is 2.37. The standard InChI is InChI=1S/C22H29N3O2/c1-13(2)19-17-12-16(24-21(26)27-22(4,5)6)7-8-18(17)25-20(19)15-9-10-23-14(3)11-15/h7-8,10-13,18,25H,9H2,1-6H3,(H,24,26). The minimum Gasteiger partial charge on any atom is -0.444 e. The molecule has 1 atom stereocenters. The topological polar surface area (TPSA) is 62.7 Å². The molecule has 1 aliphatic carbocycles. The van der Waals surface area contributed by atoms with Gasteiger partial charge in [-0.05, 0) is 68.6 Å². The normalized spacial score (nSPS) is 24.5. The van der Waals surface area contributed by atoms with Crippen molar-refractivity contribution in [3.8, 4) is 0 Å². The summed E-state index contributed by atoms with van der Waals surface area (Å²) in [5.74, 6) is 0.359. The SMILES string of the molecule is CC1=CC(=C2NC3C=CC(NC(=O)OC(C)(C)C)=CC3=C2C(C)C)CC=N1. The lowest BCUT2D eigenvalue weighted by Crippen LogP contribution is -2.33. The van der Waals surface area contributed by atoms with Crippen molar-refractivity contribution >= 4 is 12.3 Å². The average molecular weight is 367 g/mol. The number of carbonyl (C=O) groups excluding carboxylic acids is 1. The summed E-state index contributed by atoms with van der Waals surface area (Å²) < 4.78 is 5.37. The molecule has 0 aromatic heterocycles. The fraction of sp³-hybridized carbons (Fsp3) is 0.455. The van der Waals surface area contributed by atoms with Crippen LogP contribution in [0.1, 0.15) is 48.0 Å². The van der Waals surface area contributed by atoms with E-state index in [1.54, 1.807) is 0 Å². The van der Waals surface area contributed by atoms with Gasteiger partial charge in [0.1, 0.15) is 5.60 Å². The molecule has 3 rings (SSSR count). The Labute approximate surface area is 161 Å². The molecule has 1 amide bonds. The van der Waals surface area contributed by atoms with E-state index in [0.29, 0.717) is 5.92 Å². The van der Waals surface area contributed by atoms with Crippen molar-refractivity contribution in [1.29, 1.82) is 0 Å². The van der Waals surface area contributed by atoms with E-state index in [1.165, 1.54) is 22.4 Å². The van der Waals surface area contributed by atoms with Gasteiger partial charge in [0.25, 0.3) is 0 Å². The molecule has 2 heterocycles. The number of amides is 1. The van der Waals surface area contributed by atoms with Crippen LogP contribution in [0.25, 0.3) is 0 Å². The van der Waals surface area contributed by atoms with Crippen LogP contribution < -0.4 is 10.6 Å². The number of alkyl carbamates (subject to hydrolysis) is 1. The Kier molecular flexibility index (Phi) is 5.13. The van der Waals surface area contributed by atoms with Gasteiger partial charge in [0.05, 0.1) is 6.04 Å². The Morgan fingerprint density at radius 2 is 2.07 bits per heavy atom. The highest BCUT2D eigenvalue weighted by atomic mass is 16.6. The van der Waals surface area contributed by atoms with Crippen molar-refractivity contribution in [2.24, 2.45) is 10.9 Å². The zero-order chi connectivity index (χ0) is 19.8. The Morgan fingerprint density at radius 3 is 2.70 bits per heavy atom. The third-order valence-corrected chi connectivity index (χ3v) is 4.53. The number of allylic oxidation sites excluding steroid dienone is 5. The van der Waals surface area contributed by atoms with Crippen molar-refractivity contribution < 1.29 is 9.53 Å². The number of nitrogens with zero attached hydrogens (tertiary/aromatic N) is 1. The van der Waals surface area contributed by atoms with E-state index < -0.39 is 11.7 Å². The maximum atomic E-state index is 12.1. The Bertz CT molecular complexity index is 830. The summed E-state index contributed by atoms with van der Waals surface area (Å²) in [6.07, 6.45) is 10.6. The molecule has 3 aliphatic rings. The van der Waals surface area contributed by atoms with Crippen LogP contribution in [0.3, 0.4) is 0 Å². The molecule has 0 bridgehead atoms. The lowest BCUT2D eigenvalue weighted by atomic mass is 9.90. The molecule has 0 radical (unpaired) electrons. The molecular weight excluding hydrogens is 338 g/mol. The number of fused-ring (bicyclic) bond motifs is 1. The number of ether oxygens (including phenoxy) is 1. The highest BCUT2D eigenvalue weighted by molar-refractivity contribution is 5.72. The van der Waals surface area contributed by atoms with E-state index in [2.05, 4.69) is 47.7 Å². The third-order valence-electron chi connectivity index (χ3n) is 4.53. The molecule has 0 aromatic rings. The molecule has 27 heavy (non-hydrogen) atoms. The highest BCUT2D eigenvalue weighted by Gasteiger charge is 2.31. The second-order valence-electron chi connectivity index (χ2n) is 8.43. The van der Waals surface area contributed by atoms with E-state index in [0.717, 1.165) is 17.8 Å². The molecule has 0 saturated heterocycles. The van der Waals surface area contributed by atoms with E-state index in [1.807, 2.05) is 40.0 Å². The van der Waals surface area contributed by atoms with Crippen molar-refractivity contribution in [3.05, 3.63) is 58.1 Å². The number of aliphatic imine (C=N–C) groups is 1. The summed E-state index contributed by atoms with van der Waals surface area (Å²) in [5, 5.41) is 6.50. The minimum absolute atomic E-state index is 0.127. The van der Waals surface area contributed by atoms with Crippen LogP contribution in [-0.4, -0.2) is 24.0 Å². The molecule has 0 fully saturated rings. The van der Waals surface area contributed by atoms with Crippen LogP contribution in [-0.2, 0) is 4.74 Å². The summed E-state index contributed by atoms with van der Waals surface area (Å²) in [6, 6.07) is 0.127. The first kappa shape index (κ1) is 19.2. The Morgan fingerprint density at radius 1 is 1.33 bits per heavy atom. The molecule has 0 spiro atoms. The summed E-state index contributed by atoms with van der Waals surface area (Å²) in [6.45, 7) is 12.0. The summed E-state index contributed by atoms with van der Waals surface area (Å²) in [7, 11) is 0. The minimum atomic E-state index is -0.521. The Balaban J connectivity index is 1.93. The molecular formula is C22H29N3O2. The van der Waals surface area contributed by atoms with Crippen LogP contribution in [0.2, 0.25) is 0 Å². The monoisotopic (exact) mass is 367 g/mol. The van der Waals surface area contributed by atoms with Gasteiger partial charge in [-0.3, -0.25) is 10.3 Å². The van der Waals surface area contributed by atoms with Gasteiger partial charge in [-0.2, -0.15) is 0 Å². The summed E-state index contributed by atoms with van der Waals surface area (Å²) >= 11 is 0. The maximum Gasteiger partial charge on any atom is 0.412 e. The fourth-order valence-electron chi connectivity index (χ4n) is 3.56. The van der Waals surface area contributed by atoms with Gasteiger partial charge in [-0.25, -0.2) is 4.79 Å². The van der Waals surface area contributed by atoms with Gasteiger partial charge in [-0.15, -0.1) is 0 Å². The van der Waals surface area contributed by atoms with Crippen LogP contribution in [0, 0.1) is 5.92 Å². The number of nitrogens with one attached hydrogen (secondary N) is 2. The van der Waals surface area contributed by atoms with E-state index in [4.69, 9.17) is 4.74 Å². The van der Waals surface area contributed by atoms with E-state index in [9.17, 15) is 4.79 Å². The van der Waals surface area contributed by atoms with Crippen LogP contribution >= 0.6 is 0 Å². The zero-order valence-electron chi connectivity index (χ0n) is 17.0. The van der Waals surface area contributed by atoms with Gasteiger partial charge in [0.2, 0.25) is 0 Å². The average Bonchev–Trinajstić information content (AvgIpc) is 2.91. The van der Waals surface area contributed by atoms with Gasteiger partial charge >= 0.3 is 6.09 Å². The van der Waals surface area contributed by atoms with Gasteiger partial charge < -0.3 is 10.1 Å². The molecule has 144 valence electrons. The first-order valence-corrected chi connectivity index (χ1v) is 9.49. The smallest absolute Gasteiger partial charge is 0.412 e. The van der Waals surface area contributed by atoms with Crippen molar-refractivity contribution in [1.82, 2.24) is 10.6 Å². The van der Waals surface area contributed by atoms with Crippen molar-refractivity contribution in [2.75, 3.05) is 0 Å². The quantitative estimate of drug-likeness (QED) is 0.754. The van der Waals surface area contributed by atoms with Gasteiger partial charge in [-0.1, -0.05) is 19.9 Å². The molecule has 0 saturated carbocycles. The summed E-state index contributed by atoms with van der Waals surface area (Å²) in [4.78, 5) is 16.5. The third kappa shape index (κ3) is 4.41. The van der Waals surface area contributed by atoms with E-state index >= 15 is 0 Å². The predicted octanol–water partition coefficient (Wildman–Crippen LogP) is 4.52. The molecule has 5 nitrogen and oxygen atoms in total. The first-order valence-electron chi connectivity index (χ1n) is 9.49. The molecule has 2 N–H and O–H groups in total. The Hall–Kier alpha value is -2.56. The van der Waals surface area contributed by atoms with Gasteiger partial charge in [0.15, 0.2) is 0 Å². The molecule has 1 unspecified atom stereocenters. The lowest BCUT2D eigenvalue weighted by molar-refractivity contribution is 0.0548.